The van der Waals surface area contributed by atoms with E-state index in [9.17, 15) is 9.59 Å². The normalized spacial score (nSPS) is 12.8. The van der Waals surface area contributed by atoms with Gasteiger partial charge in [0.15, 0.2) is 0 Å². The molecule has 1 aromatic rings. The van der Waals surface area contributed by atoms with Crippen LogP contribution in [-0.4, -0.2) is 16.1 Å². The molecule has 0 fully saturated rings. The number of aromatic nitrogens is 1. The van der Waals surface area contributed by atoms with Crippen molar-refractivity contribution in [2.45, 2.75) is 20.8 Å². The van der Waals surface area contributed by atoms with Crippen LogP contribution in [0.4, 0.5) is 5.69 Å². The molecule has 0 saturated heterocycles. The largest absolute Gasteiger partial charge is 0.478 e. The van der Waals surface area contributed by atoms with Gasteiger partial charge in [-0.3, -0.25) is 4.79 Å². The van der Waals surface area contributed by atoms with E-state index in [0.29, 0.717) is 5.22 Å². The molecule has 0 aliphatic rings. The zero-order chi connectivity index (χ0) is 13.4. The van der Waals surface area contributed by atoms with Gasteiger partial charge in [-0.15, -0.1) is 0 Å². The maximum Gasteiger partial charge on any atom is 0.338 e. The molecule has 0 spiro atoms. The van der Waals surface area contributed by atoms with Crippen molar-refractivity contribution in [1.82, 2.24) is 4.98 Å². The van der Waals surface area contributed by atoms with Gasteiger partial charge in [0, 0.05) is 10.6 Å². The fourth-order valence-electron chi connectivity index (χ4n) is 1.50. The lowest BCUT2D eigenvalue weighted by Gasteiger charge is -2.12. The first kappa shape index (κ1) is 13.0. The second kappa shape index (κ2) is 4.08. The van der Waals surface area contributed by atoms with E-state index in [1.54, 1.807) is 6.08 Å². The van der Waals surface area contributed by atoms with E-state index >= 15 is 0 Å². The second-order valence-electron chi connectivity index (χ2n) is 4.95. The Morgan fingerprint density at radius 1 is 1.47 bits per heavy atom. The lowest BCUT2D eigenvalue weighted by atomic mass is 9.94. The molecule has 0 radical (unpaired) electrons. The molecular formula is C12H16N2O3. The van der Waals surface area contributed by atoms with E-state index in [1.165, 1.54) is 0 Å². The average molecular weight is 236 g/mol. The molecule has 1 heterocycles. The van der Waals surface area contributed by atoms with Gasteiger partial charge in [-0.25, -0.2) is 4.79 Å². The van der Waals surface area contributed by atoms with Gasteiger partial charge in [-0.1, -0.05) is 33.4 Å². The Bertz CT molecular complexity index is 621. The van der Waals surface area contributed by atoms with Crippen molar-refractivity contribution in [1.29, 1.82) is 0 Å². The van der Waals surface area contributed by atoms with Gasteiger partial charge in [-0.2, -0.15) is 0 Å². The van der Waals surface area contributed by atoms with Crippen molar-refractivity contribution in [3.05, 3.63) is 26.5 Å². The molecule has 4 N–H and O–H groups in total. The highest BCUT2D eigenvalue weighted by Gasteiger charge is 2.16. The summed E-state index contributed by atoms with van der Waals surface area (Å²) in [6.45, 7) is 9.39. The summed E-state index contributed by atoms with van der Waals surface area (Å²) in [5.41, 5.74) is 4.15. The number of nitrogen functional groups attached to an aromatic ring is 1. The number of anilines is 1. The van der Waals surface area contributed by atoms with Crippen molar-refractivity contribution in [2.24, 2.45) is 5.41 Å². The molecule has 0 amide bonds. The fourth-order valence-corrected chi connectivity index (χ4v) is 1.50. The van der Waals surface area contributed by atoms with Crippen LogP contribution in [0.5, 0.6) is 0 Å². The molecule has 17 heavy (non-hydrogen) atoms. The van der Waals surface area contributed by atoms with Crippen molar-refractivity contribution in [2.75, 3.05) is 5.73 Å². The first-order valence-electron chi connectivity index (χ1n) is 5.10. The van der Waals surface area contributed by atoms with Crippen LogP contribution in [0.3, 0.4) is 0 Å². The number of nitrogens with two attached hydrogens (primary N) is 1. The summed E-state index contributed by atoms with van der Waals surface area (Å²) in [7, 11) is 0. The summed E-state index contributed by atoms with van der Waals surface area (Å²) < 4.78 is 0. The minimum Gasteiger partial charge on any atom is -0.478 e. The average Bonchev–Trinajstić information content (AvgIpc) is 2.11. The number of aromatic carboxylic acids is 1. The maximum atomic E-state index is 11.4. The van der Waals surface area contributed by atoms with Gasteiger partial charge in [0.25, 0.3) is 5.56 Å². The molecule has 0 aliphatic heterocycles. The van der Waals surface area contributed by atoms with Crippen LogP contribution in [-0.2, 0) is 0 Å². The number of carbonyl (C=O) groups is 1. The smallest absolute Gasteiger partial charge is 0.338 e. The second-order valence-corrected chi connectivity index (χ2v) is 4.95. The number of H-pyrrole nitrogens is 1. The maximum absolute atomic E-state index is 11.4. The molecule has 0 aromatic carbocycles. The monoisotopic (exact) mass is 236 g/mol. The SMILES string of the molecule is C=c1[nH]c(=O)c(N)c(C(=O)O)c1=CC(C)(C)C. The quantitative estimate of drug-likeness (QED) is 0.634. The standard InChI is InChI=1S/C12H16N2O3/c1-6-7(5-12(2,3)4)8(11(16)17)9(13)10(15)14-6/h5H,1,13H2,2-4H3,(H,14,15)(H,16,17). The number of hydrogen-bond donors (Lipinski definition) is 3. The highest BCUT2D eigenvalue weighted by molar-refractivity contribution is 5.93. The zero-order valence-corrected chi connectivity index (χ0v) is 10.1. The zero-order valence-electron chi connectivity index (χ0n) is 10.1. The van der Waals surface area contributed by atoms with E-state index < -0.39 is 11.5 Å². The molecule has 5 nitrogen and oxygen atoms in total. The van der Waals surface area contributed by atoms with Crippen LogP contribution in [0.1, 0.15) is 31.1 Å². The number of carboxylic acids is 1. The van der Waals surface area contributed by atoms with Crippen LogP contribution in [0.2, 0.25) is 0 Å². The minimum atomic E-state index is -1.23. The van der Waals surface area contributed by atoms with Gasteiger partial charge in [0.1, 0.15) is 5.69 Å². The lowest BCUT2D eigenvalue weighted by Crippen LogP contribution is -2.41. The number of aromatic amines is 1. The Kier molecular flexibility index (Phi) is 3.13. The number of rotatable bonds is 1. The van der Waals surface area contributed by atoms with Crippen LogP contribution in [0.15, 0.2) is 4.79 Å². The molecule has 0 saturated carbocycles. The number of nitrogens with one attached hydrogen (secondary N) is 1. The van der Waals surface area contributed by atoms with Gasteiger partial charge in [-0.05, 0) is 5.41 Å². The molecule has 0 bridgehead atoms. The molecule has 1 rings (SSSR count). The highest BCUT2D eigenvalue weighted by atomic mass is 16.4. The molecule has 92 valence electrons. The number of hydrogen-bond acceptors (Lipinski definition) is 3. The third kappa shape index (κ3) is 2.75. The first-order chi connectivity index (χ1) is 7.63. The Labute approximate surface area is 98.3 Å². The van der Waals surface area contributed by atoms with Crippen molar-refractivity contribution in [3.8, 4) is 0 Å². The van der Waals surface area contributed by atoms with Crippen molar-refractivity contribution < 1.29 is 9.90 Å². The van der Waals surface area contributed by atoms with E-state index in [1.807, 2.05) is 20.8 Å². The van der Waals surface area contributed by atoms with E-state index in [4.69, 9.17) is 10.8 Å². The number of carboxylic acid groups (broad SMARTS) is 1. The highest BCUT2D eigenvalue weighted by Crippen LogP contribution is 2.14. The predicted octanol–water partition coefficient (Wildman–Crippen LogP) is -0.108. The summed E-state index contributed by atoms with van der Waals surface area (Å²) in [6.07, 6.45) is 1.73. The van der Waals surface area contributed by atoms with Crippen LogP contribution < -0.4 is 21.9 Å². The van der Waals surface area contributed by atoms with E-state index in [2.05, 4.69) is 11.6 Å². The van der Waals surface area contributed by atoms with Gasteiger partial charge >= 0.3 is 5.97 Å². The summed E-state index contributed by atoms with van der Waals surface area (Å²) in [6, 6.07) is 0. The van der Waals surface area contributed by atoms with Crippen LogP contribution >= 0.6 is 0 Å². The molecule has 0 atom stereocenters. The minimum absolute atomic E-state index is 0.186. The molecule has 5 heteroatoms. The van der Waals surface area contributed by atoms with Gasteiger partial charge in [0.05, 0.1) is 5.56 Å². The third-order valence-corrected chi connectivity index (χ3v) is 2.16. The Hall–Kier alpha value is -2.04. The topological polar surface area (TPSA) is 96.2 Å². The molecule has 0 aliphatic carbocycles. The Morgan fingerprint density at radius 3 is 2.41 bits per heavy atom. The van der Waals surface area contributed by atoms with Gasteiger partial charge < -0.3 is 15.8 Å². The third-order valence-electron chi connectivity index (χ3n) is 2.16. The predicted molar refractivity (Wildman–Crippen MR) is 67.1 cm³/mol. The fraction of sp³-hybridized carbons (Fsp3) is 0.333. The van der Waals surface area contributed by atoms with Crippen molar-refractivity contribution in [3.63, 3.8) is 0 Å². The number of pyridine rings is 1. The summed E-state index contributed by atoms with van der Waals surface area (Å²) in [4.78, 5) is 25.0. The summed E-state index contributed by atoms with van der Waals surface area (Å²) in [5, 5.41) is 9.74. The van der Waals surface area contributed by atoms with Crippen LogP contribution in [0.25, 0.3) is 12.7 Å². The van der Waals surface area contributed by atoms with Gasteiger partial charge in [0.2, 0.25) is 0 Å². The Morgan fingerprint density at radius 2 is 2.00 bits per heavy atom. The molecular weight excluding hydrogens is 220 g/mol. The molecule has 0 unspecified atom stereocenters. The molecule has 1 aromatic heterocycles. The van der Waals surface area contributed by atoms with Crippen LogP contribution in [0, 0.1) is 5.41 Å². The lowest BCUT2D eigenvalue weighted by molar-refractivity contribution is 0.0696. The van der Waals surface area contributed by atoms with E-state index in [-0.39, 0.29) is 22.0 Å². The summed E-state index contributed by atoms with van der Waals surface area (Å²) in [5.74, 6) is -1.23. The Balaban J connectivity index is 3.91. The van der Waals surface area contributed by atoms with E-state index in [0.717, 1.165) is 0 Å². The first-order valence-corrected chi connectivity index (χ1v) is 5.10. The summed E-state index contributed by atoms with van der Waals surface area (Å²) >= 11 is 0. The van der Waals surface area contributed by atoms with Crippen molar-refractivity contribution >= 4 is 24.3 Å².